The van der Waals surface area contributed by atoms with E-state index in [2.05, 4.69) is 20.3 Å². The van der Waals surface area contributed by atoms with Gasteiger partial charge in [0.15, 0.2) is 5.13 Å². The van der Waals surface area contributed by atoms with Crippen LogP contribution in [0.4, 0.5) is 5.13 Å². The van der Waals surface area contributed by atoms with Crippen LogP contribution in [0.2, 0.25) is 0 Å². The molecule has 0 unspecified atom stereocenters. The minimum absolute atomic E-state index is 0.0858. The van der Waals surface area contributed by atoms with Crippen LogP contribution in [-0.2, 0) is 13.5 Å². The van der Waals surface area contributed by atoms with Crippen LogP contribution < -0.4 is 21.5 Å². The van der Waals surface area contributed by atoms with Gasteiger partial charge in [0.1, 0.15) is 5.75 Å². The molecule has 0 aliphatic heterocycles. The molecule has 3 heterocycles. The molecule has 0 saturated carbocycles. The monoisotopic (exact) mass is 424 g/mol. The van der Waals surface area contributed by atoms with E-state index in [1.807, 2.05) is 43.6 Å². The van der Waals surface area contributed by atoms with E-state index < -0.39 is 0 Å². The lowest BCUT2D eigenvalue weighted by Gasteiger charge is -2.13. The summed E-state index contributed by atoms with van der Waals surface area (Å²) in [6.07, 6.45) is 4.36. The number of nitrogens with one attached hydrogen (secondary N) is 2. The number of anilines is 1. The highest BCUT2D eigenvalue weighted by Crippen LogP contribution is 2.30. The highest BCUT2D eigenvalue weighted by Gasteiger charge is 2.11. The highest BCUT2D eigenvalue weighted by atomic mass is 32.1. The summed E-state index contributed by atoms with van der Waals surface area (Å²) in [5, 5.41) is 4.13. The van der Waals surface area contributed by atoms with Crippen molar-refractivity contribution in [2.24, 2.45) is 12.8 Å². The van der Waals surface area contributed by atoms with Gasteiger partial charge < -0.3 is 20.8 Å². The lowest BCUT2D eigenvalue weighted by atomic mass is 10.1. The second-order valence-electron chi connectivity index (χ2n) is 7.23. The average Bonchev–Trinajstić information content (AvgIpc) is 3.32. The fourth-order valence-electron chi connectivity index (χ4n) is 3.33. The molecule has 0 fully saturated rings. The number of nitrogens with zero attached hydrogens (tertiary/aromatic N) is 3. The van der Waals surface area contributed by atoms with E-state index in [1.165, 1.54) is 0 Å². The molecule has 0 aliphatic rings. The number of benzene rings is 1. The molecule has 1 atom stereocenters. The molecular formula is C21H24N6O2S. The number of ether oxygens (including phenoxy) is 1. The summed E-state index contributed by atoms with van der Waals surface area (Å²) in [4.78, 5) is 24.5. The molecule has 4 aromatic rings. The minimum atomic E-state index is -0.121. The zero-order valence-electron chi connectivity index (χ0n) is 17.1. The number of fused-ring (bicyclic) bond motifs is 1. The van der Waals surface area contributed by atoms with Crippen LogP contribution in [0.15, 0.2) is 41.5 Å². The maximum atomic E-state index is 11.8. The van der Waals surface area contributed by atoms with Gasteiger partial charge in [-0.05, 0) is 42.7 Å². The molecule has 0 amide bonds. The van der Waals surface area contributed by atoms with Crippen LogP contribution in [0.1, 0.15) is 11.3 Å². The fraction of sp³-hybridized carbons (Fsp3) is 0.286. The number of nitrogens with two attached hydrogens (primary N) is 1. The molecule has 0 aliphatic carbocycles. The van der Waals surface area contributed by atoms with Crippen LogP contribution in [0.3, 0.4) is 0 Å². The van der Waals surface area contributed by atoms with Gasteiger partial charge in [0, 0.05) is 32.0 Å². The fourth-order valence-corrected chi connectivity index (χ4v) is 4.15. The standard InChI is InChI=1S/C21H24N6O2S/c1-12-18(29-3)7-13(9-23-12)6-15(22)10-24-20-25-11-19(30-20)14-4-5-16-17(8-14)27(2)21(28)26-16/h4-5,7-9,11,15H,6,10,22H2,1-3H3,(H,24,25)(H,26,28)/t15-/m0/s1. The smallest absolute Gasteiger partial charge is 0.326 e. The van der Waals surface area contributed by atoms with Crippen molar-refractivity contribution in [1.29, 1.82) is 0 Å². The predicted octanol–water partition coefficient (Wildman–Crippen LogP) is 2.68. The number of H-pyrrole nitrogens is 1. The second-order valence-corrected chi connectivity index (χ2v) is 8.26. The number of pyridine rings is 1. The normalized spacial score (nSPS) is 12.3. The summed E-state index contributed by atoms with van der Waals surface area (Å²) >= 11 is 1.56. The highest BCUT2D eigenvalue weighted by molar-refractivity contribution is 7.18. The van der Waals surface area contributed by atoms with Crippen molar-refractivity contribution in [3.8, 4) is 16.2 Å². The summed E-state index contributed by atoms with van der Waals surface area (Å²) < 4.78 is 6.93. The van der Waals surface area contributed by atoms with Gasteiger partial charge >= 0.3 is 5.69 Å². The number of hydrogen-bond acceptors (Lipinski definition) is 7. The van der Waals surface area contributed by atoms with Gasteiger partial charge in [0.05, 0.1) is 28.7 Å². The zero-order valence-corrected chi connectivity index (χ0v) is 17.9. The quantitative estimate of drug-likeness (QED) is 0.421. The summed E-state index contributed by atoms with van der Waals surface area (Å²) in [6, 6.07) is 7.79. The third kappa shape index (κ3) is 4.07. The maximum absolute atomic E-state index is 11.8. The van der Waals surface area contributed by atoms with Gasteiger partial charge in [0.25, 0.3) is 0 Å². The number of aryl methyl sites for hydroxylation is 2. The Labute approximate surface area is 177 Å². The number of thiazole rings is 1. The molecule has 9 heteroatoms. The van der Waals surface area contributed by atoms with Crippen molar-refractivity contribution in [1.82, 2.24) is 19.5 Å². The first kappa shape index (κ1) is 20.1. The number of rotatable bonds is 7. The first-order chi connectivity index (χ1) is 14.4. The van der Waals surface area contributed by atoms with Crippen molar-refractivity contribution in [2.75, 3.05) is 19.0 Å². The number of aromatic nitrogens is 4. The number of aromatic amines is 1. The molecule has 0 spiro atoms. The average molecular weight is 425 g/mol. The van der Waals surface area contributed by atoms with Gasteiger partial charge in [0.2, 0.25) is 0 Å². The lowest BCUT2D eigenvalue weighted by molar-refractivity contribution is 0.408. The van der Waals surface area contributed by atoms with E-state index in [0.29, 0.717) is 13.0 Å². The molecule has 1 aromatic carbocycles. The molecule has 30 heavy (non-hydrogen) atoms. The van der Waals surface area contributed by atoms with Crippen molar-refractivity contribution < 1.29 is 4.74 Å². The zero-order chi connectivity index (χ0) is 21.3. The maximum Gasteiger partial charge on any atom is 0.326 e. The second kappa shape index (κ2) is 8.29. The third-order valence-corrected chi connectivity index (χ3v) is 6.03. The Balaban J connectivity index is 1.41. The Morgan fingerprint density at radius 1 is 1.30 bits per heavy atom. The first-order valence-electron chi connectivity index (χ1n) is 9.58. The van der Waals surface area contributed by atoms with E-state index in [9.17, 15) is 4.79 Å². The summed E-state index contributed by atoms with van der Waals surface area (Å²) in [6.45, 7) is 2.51. The summed E-state index contributed by atoms with van der Waals surface area (Å²) in [5.41, 5.74) is 10.8. The van der Waals surface area contributed by atoms with Crippen molar-refractivity contribution in [2.45, 2.75) is 19.4 Å². The van der Waals surface area contributed by atoms with Crippen molar-refractivity contribution in [3.63, 3.8) is 0 Å². The molecule has 4 N–H and O–H groups in total. The van der Waals surface area contributed by atoms with E-state index in [-0.39, 0.29) is 11.7 Å². The van der Waals surface area contributed by atoms with Crippen molar-refractivity contribution in [3.05, 3.63) is 58.4 Å². The first-order valence-corrected chi connectivity index (χ1v) is 10.4. The molecule has 4 rings (SSSR count). The van der Waals surface area contributed by atoms with Gasteiger partial charge in [-0.15, -0.1) is 0 Å². The Morgan fingerprint density at radius 2 is 2.13 bits per heavy atom. The van der Waals surface area contributed by atoms with Crippen LogP contribution in [-0.4, -0.2) is 39.2 Å². The SMILES string of the molecule is COc1cc(C[C@H](N)CNc2ncc(-c3ccc4[nH]c(=O)n(C)c4c3)s2)cnc1C. The molecular weight excluding hydrogens is 400 g/mol. The number of imidazole rings is 1. The Kier molecular flexibility index (Phi) is 5.56. The van der Waals surface area contributed by atoms with Crippen LogP contribution >= 0.6 is 11.3 Å². The van der Waals surface area contributed by atoms with Gasteiger partial charge in [-0.1, -0.05) is 17.4 Å². The van der Waals surface area contributed by atoms with E-state index in [0.717, 1.165) is 43.6 Å². The Morgan fingerprint density at radius 3 is 2.93 bits per heavy atom. The number of methoxy groups -OCH3 is 1. The van der Waals surface area contributed by atoms with Gasteiger partial charge in [-0.25, -0.2) is 9.78 Å². The topological polar surface area (TPSA) is 111 Å². The molecule has 156 valence electrons. The Hall–Kier alpha value is -3.17. The van der Waals surface area contributed by atoms with Crippen LogP contribution in [0, 0.1) is 6.92 Å². The van der Waals surface area contributed by atoms with Crippen molar-refractivity contribution >= 4 is 27.5 Å². The van der Waals surface area contributed by atoms with Gasteiger partial charge in [-0.2, -0.15) is 0 Å². The lowest BCUT2D eigenvalue weighted by Crippen LogP contribution is -2.31. The summed E-state index contributed by atoms with van der Waals surface area (Å²) in [7, 11) is 3.40. The molecule has 0 saturated heterocycles. The van der Waals surface area contributed by atoms with E-state index >= 15 is 0 Å². The minimum Gasteiger partial charge on any atom is -0.495 e. The van der Waals surface area contributed by atoms with E-state index in [1.54, 1.807) is 30.1 Å². The predicted molar refractivity (Wildman–Crippen MR) is 120 cm³/mol. The van der Waals surface area contributed by atoms with Gasteiger partial charge in [-0.3, -0.25) is 9.55 Å². The molecule has 0 radical (unpaired) electrons. The van der Waals surface area contributed by atoms with Crippen LogP contribution in [0.5, 0.6) is 5.75 Å². The Bertz CT molecular complexity index is 1240. The van der Waals surface area contributed by atoms with Crippen LogP contribution in [0.25, 0.3) is 21.5 Å². The third-order valence-electron chi connectivity index (χ3n) is 5.03. The summed E-state index contributed by atoms with van der Waals surface area (Å²) in [5.74, 6) is 0.772. The molecule has 0 bridgehead atoms. The largest absolute Gasteiger partial charge is 0.495 e. The molecule has 8 nitrogen and oxygen atoms in total. The molecule has 3 aromatic heterocycles. The number of hydrogen-bond donors (Lipinski definition) is 3. The van der Waals surface area contributed by atoms with E-state index in [4.69, 9.17) is 10.5 Å².